The molecule has 0 aromatic heterocycles. The van der Waals surface area contributed by atoms with Gasteiger partial charge in [-0.3, -0.25) is 10.2 Å². The predicted octanol–water partition coefficient (Wildman–Crippen LogP) is -0.185. The third-order valence-electron chi connectivity index (χ3n) is 2.55. The van der Waals surface area contributed by atoms with Crippen molar-refractivity contribution < 1.29 is 4.79 Å². The highest BCUT2D eigenvalue weighted by Gasteiger charge is 2.35. The van der Waals surface area contributed by atoms with Crippen LogP contribution in [0.2, 0.25) is 0 Å². The molecule has 1 aliphatic heterocycles. The van der Waals surface area contributed by atoms with E-state index in [2.05, 4.69) is 10.6 Å². The first-order valence-corrected chi connectivity index (χ1v) is 5.19. The zero-order valence-corrected chi connectivity index (χ0v) is 9.55. The summed E-state index contributed by atoms with van der Waals surface area (Å²) in [6, 6.07) is -0.0133. The Hall–Kier alpha value is -1.10. The molecule has 5 nitrogen and oxygen atoms in total. The maximum absolute atomic E-state index is 11.9. The number of hydrogen-bond donors (Lipinski definition) is 4. The van der Waals surface area contributed by atoms with Crippen LogP contribution < -0.4 is 16.4 Å². The molecule has 0 saturated carbocycles. The van der Waals surface area contributed by atoms with Gasteiger partial charge in [0.05, 0.1) is 6.04 Å². The Morgan fingerprint density at radius 2 is 2.13 bits per heavy atom. The van der Waals surface area contributed by atoms with E-state index in [1.165, 1.54) is 0 Å². The van der Waals surface area contributed by atoms with Gasteiger partial charge in [-0.2, -0.15) is 0 Å². The average molecular weight is 212 g/mol. The first-order chi connectivity index (χ1) is 6.80. The topological polar surface area (TPSA) is 91.0 Å². The SMILES string of the molecule is CC(C)(C)C(=O)[C@@H]1C[C@H](NC(=N)N)CN1. The summed E-state index contributed by atoms with van der Waals surface area (Å²) in [7, 11) is 0. The van der Waals surface area contributed by atoms with Crippen molar-refractivity contribution in [1.82, 2.24) is 10.6 Å². The van der Waals surface area contributed by atoms with Crippen LogP contribution in [0.15, 0.2) is 0 Å². The first kappa shape index (κ1) is 12.0. The van der Waals surface area contributed by atoms with Crippen LogP contribution >= 0.6 is 0 Å². The van der Waals surface area contributed by atoms with E-state index in [0.717, 1.165) is 0 Å². The molecule has 0 spiro atoms. The number of nitrogens with one attached hydrogen (secondary N) is 3. The minimum atomic E-state index is -0.317. The second kappa shape index (κ2) is 4.18. The molecule has 2 atom stereocenters. The third kappa shape index (κ3) is 3.20. The minimum absolute atomic E-state index is 0.0364. The molecule has 1 saturated heterocycles. The third-order valence-corrected chi connectivity index (χ3v) is 2.55. The molecule has 0 aromatic rings. The van der Waals surface area contributed by atoms with E-state index < -0.39 is 0 Å². The normalized spacial score (nSPS) is 26.3. The maximum Gasteiger partial charge on any atom is 0.185 e. The quantitative estimate of drug-likeness (QED) is 0.377. The number of carbonyl (C=O) groups is 1. The summed E-state index contributed by atoms with van der Waals surface area (Å²) in [6.45, 7) is 6.44. The summed E-state index contributed by atoms with van der Waals surface area (Å²) in [6.07, 6.45) is 0.704. The minimum Gasteiger partial charge on any atom is -0.370 e. The number of guanidine groups is 1. The van der Waals surface area contributed by atoms with Crippen LogP contribution in [0.25, 0.3) is 0 Å². The van der Waals surface area contributed by atoms with Gasteiger partial charge in [0.2, 0.25) is 0 Å². The van der Waals surface area contributed by atoms with Gasteiger partial charge in [0, 0.05) is 18.0 Å². The average Bonchev–Trinajstić information content (AvgIpc) is 2.48. The Morgan fingerprint density at radius 1 is 1.53 bits per heavy atom. The molecule has 86 valence electrons. The summed E-state index contributed by atoms with van der Waals surface area (Å²) < 4.78 is 0. The van der Waals surface area contributed by atoms with E-state index in [1.807, 2.05) is 20.8 Å². The lowest BCUT2D eigenvalue weighted by atomic mass is 9.86. The van der Waals surface area contributed by atoms with Crippen molar-refractivity contribution in [1.29, 1.82) is 5.41 Å². The molecule has 5 N–H and O–H groups in total. The van der Waals surface area contributed by atoms with Crippen LogP contribution in [0, 0.1) is 10.8 Å². The van der Waals surface area contributed by atoms with Gasteiger partial charge < -0.3 is 16.4 Å². The highest BCUT2D eigenvalue weighted by molar-refractivity contribution is 5.89. The lowest BCUT2D eigenvalue weighted by molar-refractivity contribution is -0.128. The van der Waals surface area contributed by atoms with Gasteiger partial charge in [-0.25, -0.2) is 0 Å². The molecule has 1 aliphatic rings. The Labute approximate surface area is 90.3 Å². The highest BCUT2D eigenvalue weighted by Crippen LogP contribution is 2.21. The molecule has 0 aromatic carbocycles. The van der Waals surface area contributed by atoms with Crippen molar-refractivity contribution in [2.45, 2.75) is 39.3 Å². The van der Waals surface area contributed by atoms with E-state index in [4.69, 9.17) is 11.1 Å². The number of ketones is 1. The Balaban J connectivity index is 2.50. The van der Waals surface area contributed by atoms with Crippen LogP contribution in [-0.2, 0) is 4.79 Å². The van der Waals surface area contributed by atoms with Gasteiger partial charge in [0.25, 0.3) is 0 Å². The first-order valence-electron chi connectivity index (χ1n) is 5.19. The fraction of sp³-hybridized carbons (Fsp3) is 0.800. The van der Waals surface area contributed by atoms with Crippen LogP contribution in [0.4, 0.5) is 0 Å². The van der Waals surface area contributed by atoms with Crippen molar-refractivity contribution in [2.75, 3.05) is 6.54 Å². The van der Waals surface area contributed by atoms with Crippen molar-refractivity contribution in [3.05, 3.63) is 0 Å². The summed E-state index contributed by atoms with van der Waals surface area (Å²) in [5.41, 5.74) is 4.92. The molecular formula is C10H20N4O. The van der Waals surface area contributed by atoms with Gasteiger partial charge in [0.1, 0.15) is 0 Å². The molecule has 1 rings (SSSR count). The second-order valence-electron chi connectivity index (χ2n) is 5.07. The summed E-state index contributed by atoms with van der Waals surface area (Å²) in [4.78, 5) is 11.9. The van der Waals surface area contributed by atoms with Gasteiger partial charge >= 0.3 is 0 Å². The van der Waals surface area contributed by atoms with Gasteiger partial charge in [-0.15, -0.1) is 0 Å². The number of hydrogen-bond acceptors (Lipinski definition) is 3. The summed E-state index contributed by atoms with van der Waals surface area (Å²) >= 11 is 0. The summed E-state index contributed by atoms with van der Waals surface area (Å²) in [5, 5.41) is 13.1. The number of Topliss-reactive ketones (excluding diaryl/α,β-unsaturated/α-hetero) is 1. The second-order valence-corrected chi connectivity index (χ2v) is 5.07. The number of nitrogens with two attached hydrogens (primary N) is 1. The van der Waals surface area contributed by atoms with Gasteiger partial charge in [0.15, 0.2) is 11.7 Å². The molecule has 0 bridgehead atoms. The number of carbonyl (C=O) groups excluding carboxylic acids is 1. The van der Waals surface area contributed by atoms with Crippen molar-refractivity contribution >= 4 is 11.7 Å². The van der Waals surface area contributed by atoms with E-state index in [9.17, 15) is 4.79 Å². The standard InChI is InChI=1S/C10H20N4O/c1-10(2,3)8(15)7-4-6(5-13-7)14-9(11)12/h6-7,13H,4-5H2,1-3H3,(H4,11,12,14)/t6-,7-/m0/s1. The van der Waals surface area contributed by atoms with Crippen LogP contribution in [0.5, 0.6) is 0 Å². The Kier molecular flexibility index (Phi) is 3.34. The molecule has 0 amide bonds. The molecule has 0 unspecified atom stereocenters. The molecule has 0 aliphatic carbocycles. The molecule has 0 radical (unpaired) electrons. The van der Waals surface area contributed by atoms with Crippen molar-refractivity contribution in [3.8, 4) is 0 Å². The fourth-order valence-corrected chi connectivity index (χ4v) is 1.79. The molecule has 5 heteroatoms. The van der Waals surface area contributed by atoms with Gasteiger partial charge in [-0.05, 0) is 6.42 Å². The lowest BCUT2D eigenvalue weighted by Gasteiger charge is -2.21. The molecule has 15 heavy (non-hydrogen) atoms. The van der Waals surface area contributed by atoms with Crippen LogP contribution in [0.1, 0.15) is 27.2 Å². The monoisotopic (exact) mass is 212 g/mol. The Bertz CT molecular complexity index is 269. The zero-order valence-electron chi connectivity index (χ0n) is 9.55. The molecule has 1 fully saturated rings. The predicted molar refractivity (Wildman–Crippen MR) is 59.7 cm³/mol. The Morgan fingerprint density at radius 3 is 2.60 bits per heavy atom. The van der Waals surface area contributed by atoms with E-state index in [0.29, 0.717) is 13.0 Å². The van der Waals surface area contributed by atoms with E-state index in [-0.39, 0.29) is 29.2 Å². The summed E-state index contributed by atoms with van der Waals surface area (Å²) in [5.74, 6) is 0.181. The maximum atomic E-state index is 11.9. The van der Waals surface area contributed by atoms with E-state index >= 15 is 0 Å². The fourth-order valence-electron chi connectivity index (χ4n) is 1.79. The molecular weight excluding hydrogens is 192 g/mol. The zero-order chi connectivity index (χ0) is 11.6. The van der Waals surface area contributed by atoms with Crippen LogP contribution in [0.3, 0.4) is 0 Å². The molecule has 1 heterocycles. The van der Waals surface area contributed by atoms with Crippen molar-refractivity contribution in [3.63, 3.8) is 0 Å². The highest BCUT2D eigenvalue weighted by atomic mass is 16.1. The van der Waals surface area contributed by atoms with E-state index in [1.54, 1.807) is 0 Å². The van der Waals surface area contributed by atoms with Gasteiger partial charge in [-0.1, -0.05) is 20.8 Å². The number of rotatable bonds is 2. The van der Waals surface area contributed by atoms with Crippen molar-refractivity contribution in [2.24, 2.45) is 11.1 Å². The largest absolute Gasteiger partial charge is 0.370 e. The smallest absolute Gasteiger partial charge is 0.185 e. The lowest BCUT2D eigenvalue weighted by Crippen LogP contribution is -2.40. The van der Waals surface area contributed by atoms with Crippen LogP contribution in [-0.4, -0.2) is 30.4 Å².